The molecule has 13 nitrogen and oxygen atoms in total. The predicted molar refractivity (Wildman–Crippen MR) is 90.2 cm³/mol. The fraction of sp³-hybridized carbons (Fsp3) is 0.533. The number of aliphatic hydroxyl groups excluding tert-OH is 3. The third-order valence-electron chi connectivity index (χ3n) is 4.60. The number of fused-ring (bicyclic) bond motifs is 1. The van der Waals surface area contributed by atoms with Gasteiger partial charge in [-0.2, -0.15) is 0 Å². The number of imidazole rings is 1. The molecule has 6 N–H and O–H groups in total. The normalized spacial score (nSPS) is 26.9. The smallest absolute Gasteiger partial charge is 0.327 e. The summed E-state index contributed by atoms with van der Waals surface area (Å²) in [6, 6.07) is -1.48. The summed E-state index contributed by atoms with van der Waals surface area (Å²) in [5, 5.41) is 50.3. The molecule has 0 aromatic carbocycles. The van der Waals surface area contributed by atoms with E-state index in [2.05, 4.69) is 20.3 Å². The second-order valence-electron chi connectivity index (χ2n) is 6.36. The van der Waals surface area contributed by atoms with Crippen molar-refractivity contribution in [3.05, 3.63) is 12.7 Å². The van der Waals surface area contributed by atoms with Gasteiger partial charge in [-0.15, -0.1) is 0 Å². The van der Waals surface area contributed by atoms with E-state index in [9.17, 15) is 30.0 Å². The van der Waals surface area contributed by atoms with Gasteiger partial charge in [0, 0.05) is 0 Å². The number of anilines is 1. The Morgan fingerprint density at radius 3 is 2.50 bits per heavy atom. The molecule has 0 radical (unpaired) electrons. The molecule has 0 amide bonds. The van der Waals surface area contributed by atoms with Crippen LogP contribution in [0.25, 0.3) is 11.2 Å². The summed E-state index contributed by atoms with van der Waals surface area (Å²) in [6.45, 7) is 0.737. The Hall–Kier alpha value is -2.87. The van der Waals surface area contributed by atoms with Crippen molar-refractivity contribution in [2.24, 2.45) is 5.92 Å². The first-order valence-electron chi connectivity index (χ1n) is 8.28. The van der Waals surface area contributed by atoms with E-state index in [1.165, 1.54) is 17.8 Å². The Morgan fingerprint density at radius 1 is 1.21 bits per heavy atom. The summed E-state index contributed by atoms with van der Waals surface area (Å²) in [7, 11) is 0. The van der Waals surface area contributed by atoms with Gasteiger partial charge in [0.1, 0.15) is 30.7 Å². The summed E-state index contributed by atoms with van der Waals surface area (Å²) >= 11 is 0. The fourth-order valence-electron chi connectivity index (χ4n) is 2.94. The number of carboxylic acid groups (broad SMARTS) is 2. The van der Waals surface area contributed by atoms with Gasteiger partial charge in [0.05, 0.1) is 18.9 Å². The van der Waals surface area contributed by atoms with Crippen LogP contribution in [0.4, 0.5) is 5.82 Å². The van der Waals surface area contributed by atoms with Crippen molar-refractivity contribution in [1.82, 2.24) is 19.5 Å². The molecular weight excluding hydrogens is 378 g/mol. The molecule has 2 aromatic rings. The first-order chi connectivity index (χ1) is 13.3. The van der Waals surface area contributed by atoms with Crippen LogP contribution >= 0.6 is 0 Å². The lowest BCUT2D eigenvalue weighted by Gasteiger charge is -2.19. The summed E-state index contributed by atoms with van der Waals surface area (Å²) in [6.07, 6.45) is -2.41. The van der Waals surface area contributed by atoms with Crippen LogP contribution in [0.3, 0.4) is 0 Å². The van der Waals surface area contributed by atoms with Gasteiger partial charge < -0.3 is 35.6 Å². The number of aromatic nitrogens is 4. The van der Waals surface area contributed by atoms with Crippen molar-refractivity contribution in [1.29, 1.82) is 0 Å². The maximum atomic E-state index is 11.4. The molecule has 1 fully saturated rings. The minimum absolute atomic E-state index is 0.0176. The zero-order valence-corrected chi connectivity index (χ0v) is 14.6. The number of nitrogens with one attached hydrogen (secondary N) is 1. The van der Waals surface area contributed by atoms with Crippen LogP contribution in [-0.4, -0.2) is 88.0 Å². The number of carboxylic acids is 2. The van der Waals surface area contributed by atoms with Gasteiger partial charge in [0.2, 0.25) is 0 Å². The molecule has 152 valence electrons. The number of hydrogen-bond acceptors (Lipinski definition) is 10. The highest BCUT2D eigenvalue weighted by molar-refractivity contribution is 5.89. The number of carbonyl (C=O) groups is 2. The van der Waals surface area contributed by atoms with Gasteiger partial charge in [-0.1, -0.05) is 0 Å². The maximum absolute atomic E-state index is 11.4. The average molecular weight is 397 g/mol. The lowest BCUT2D eigenvalue weighted by Crippen LogP contribution is -2.39. The van der Waals surface area contributed by atoms with Gasteiger partial charge in [-0.05, 0) is 6.92 Å². The van der Waals surface area contributed by atoms with E-state index in [-0.39, 0.29) is 17.0 Å². The summed E-state index contributed by atoms with van der Waals surface area (Å²) < 4.78 is 6.74. The van der Waals surface area contributed by atoms with Crippen LogP contribution in [0.5, 0.6) is 0 Å². The van der Waals surface area contributed by atoms with Crippen LogP contribution in [0, 0.1) is 5.92 Å². The first kappa shape index (κ1) is 19.9. The minimum Gasteiger partial charge on any atom is -0.481 e. The molecule has 1 saturated heterocycles. The second-order valence-corrected chi connectivity index (χ2v) is 6.36. The summed E-state index contributed by atoms with van der Waals surface area (Å²) in [5.41, 5.74) is 0.267. The number of aliphatic carboxylic acids is 2. The number of rotatable bonds is 7. The van der Waals surface area contributed by atoms with Gasteiger partial charge in [-0.3, -0.25) is 9.36 Å². The molecule has 0 saturated carbocycles. The zero-order chi connectivity index (χ0) is 20.6. The molecule has 1 aliphatic heterocycles. The topological polar surface area (TPSA) is 200 Å². The average Bonchev–Trinajstić information content (AvgIpc) is 3.21. The van der Waals surface area contributed by atoms with Crippen LogP contribution in [0.1, 0.15) is 13.2 Å². The van der Waals surface area contributed by atoms with Crippen molar-refractivity contribution in [2.75, 3.05) is 11.9 Å². The molecular formula is C15H19N5O8. The molecule has 0 spiro atoms. The van der Waals surface area contributed by atoms with Crippen molar-refractivity contribution < 1.29 is 39.9 Å². The lowest BCUT2D eigenvalue weighted by atomic mass is 10.0. The highest BCUT2D eigenvalue weighted by atomic mass is 16.6. The Kier molecular flexibility index (Phi) is 5.42. The van der Waals surface area contributed by atoms with Crippen molar-refractivity contribution in [3.63, 3.8) is 0 Å². The minimum atomic E-state index is -1.48. The maximum Gasteiger partial charge on any atom is 0.327 e. The van der Waals surface area contributed by atoms with Crippen molar-refractivity contribution in [2.45, 2.75) is 37.5 Å². The zero-order valence-electron chi connectivity index (χ0n) is 14.6. The Balaban J connectivity index is 1.95. The largest absolute Gasteiger partial charge is 0.481 e. The van der Waals surface area contributed by atoms with Gasteiger partial charge in [-0.25, -0.2) is 19.7 Å². The molecule has 3 rings (SSSR count). The monoisotopic (exact) mass is 397 g/mol. The molecule has 3 heterocycles. The molecule has 28 heavy (non-hydrogen) atoms. The molecule has 6 atom stereocenters. The number of aliphatic hydroxyl groups is 3. The second kappa shape index (κ2) is 7.63. The van der Waals surface area contributed by atoms with Crippen molar-refractivity contribution >= 4 is 28.9 Å². The Morgan fingerprint density at radius 2 is 1.93 bits per heavy atom. The number of nitrogens with zero attached hydrogens (tertiary/aromatic N) is 4. The molecule has 2 aromatic heterocycles. The summed E-state index contributed by atoms with van der Waals surface area (Å²) in [5.74, 6) is -3.96. The van der Waals surface area contributed by atoms with Crippen LogP contribution in [-0.2, 0) is 14.3 Å². The lowest BCUT2D eigenvalue weighted by molar-refractivity contribution is -0.148. The van der Waals surface area contributed by atoms with E-state index < -0.39 is 55.0 Å². The Labute approximate surface area is 157 Å². The van der Waals surface area contributed by atoms with Crippen LogP contribution in [0.15, 0.2) is 12.7 Å². The van der Waals surface area contributed by atoms with Crippen LogP contribution in [0.2, 0.25) is 0 Å². The number of ether oxygens (including phenoxy) is 1. The van der Waals surface area contributed by atoms with Crippen molar-refractivity contribution in [3.8, 4) is 0 Å². The Bertz CT molecular complexity index is 888. The number of hydrogen-bond donors (Lipinski definition) is 6. The fourth-order valence-corrected chi connectivity index (χ4v) is 2.94. The first-order valence-corrected chi connectivity index (χ1v) is 8.28. The van der Waals surface area contributed by atoms with E-state index in [1.54, 1.807) is 0 Å². The molecule has 13 heteroatoms. The third-order valence-corrected chi connectivity index (χ3v) is 4.60. The van der Waals surface area contributed by atoms with E-state index in [0.717, 1.165) is 6.33 Å². The summed E-state index contributed by atoms with van der Waals surface area (Å²) in [4.78, 5) is 34.7. The molecule has 0 unspecified atom stereocenters. The molecule has 0 aliphatic carbocycles. The van der Waals surface area contributed by atoms with E-state index >= 15 is 0 Å². The highest BCUT2D eigenvalue weighted by Gasteiger charge is 2.44. The SMILES string of the molecule is C[C@@H](C(=O)O)[C@@H](Nc1ncnc2c1ncn2[C@H]1O[C@@H](CO)[C@@H](O)[C@H]1O)C(=O)O. The molecule has 1 aliphatic rings. The van der Waals surface area contributed by atoms with Gasteiger partial charge in [0.25, 0.3) is 0 Å². The highest BCUT2D eigenvalue weighted by Crippen LogP contribution is 2.32. The van der Waals surface area contributed by atoms with E-state index in [0.29, 0.717) is 0 Å². The quantitative estimate of drug-likeness (QED) is 0.301. The molecule has 0 bridgehead atoms. The van der Waals surface area contributed by atoms with E-state index in [4.69, 9.17) is 9.84 Å². The third kappa shape index (κ3) is 3.35. The standard InChI is InChI=1S/C15H19N5O8/c1-5(14(24)25)7(15(26)27)19-11-8-12(17-3-16-11)20(4-18-8)13-10(23)9(22)6(2-21)28-13/h3-7,9-10,13,21-23H,2H2,1H3,(H,24,25)(H,26,27)(H,16,17,19)/t5-,6+,7-,9-,10-,13+/m1/s1. The predicted octanol–water partition coefficient (Wildman–Crippen LogP) is -1.98. The van der Waals surface area contributed by atoms with E-state index in [1.807, 2.05) is 0 Å². The van der Waals surface area contributed by atoms with Gasteiger partial charge in [0.15, 0.2) is 23.2 Å². The van der Waals surface area contributed by atoms with Crippen LogP contribution < -0.4 is 5.32 Å². The van der Waals surface area contributed by atoms with Gasteiger partial charge >= 0.3 is 11.9 Å².